The number of halogens is 2. The Morgan fingerprint density at radius 3 is 2.43 bits per heavy atom. The summed E-state index contributed by atoms with van der Waals surface area (Å²) in [7, 11) is 0. The molecule has 1 aliphatic heterocycles. The zero-order valence-electron chi connectivity index (χ0n) is 14.9. The molecular formula is C20H16ClFN4O2. The molecular weight excluding hydrogens is 383 g/mol. The number of hydrogen-bond donors (Lipinski definition) is 1. The van der Waals surface area contributed by atoms with Gasteiger partial charge in [-0.1, -0.05) is 23.7 Å². The molecule has 4 rings (SSSR count). The van der Waals surface area contributed by atoms with Gasteiger partial charge in [0.1, 0.15) is 11.2 Å². The lowest BCUT2D eigenvalue weighted by molar-refractivity contribution is 0.0549. The number of carbonyl (C=O) groups excluding carboxylic acids is 2. The molecule has 0 radical (unpaired) electrons. The van der Waals surface area contributed by atoms with Crippen molar-refractivity contribution in [3.8, 4) is 6.07 Å². The average Bonchev–Trinajstić information content (AvgIpc) is 3.48. The first-order valence-electron chi connectivity index (χ1n) is 8.92. The van der Waals surface area contributed by atoms with Gasteiger partial charge < -0.3 is 5.32 Å². The fourth-order valence-electron chi connectivity index (χ4n) is 3.71. The number of anilines is 1. The highest BCUT2D eigenvalue weighted by atomic mass is 35.5. The molecule has 2 aromatic rings. The Bertz CT molecular complexity index is 996. The minimum atomic E-state index is -0.718. The van der Waals surface area contributed by atoms with Crippen LogP contribution in [0.15, 0.2) is 30.3 Å². The molecule has 1 aromatic heterocycles. The number of benzene rings is 1. The fraction of sp³-hybridized carbons (Fsp3) is 0.300. The summed E-state index contributed by atoms with van der Waals surface area (Å²) >= 11 is 5.91. The molecule has 1 fully saturated rings. The fourth-order valence-corrected chi connectivity index (χ4v) is 3.89. The summed E-state index contributed by atoms with van der Waals surface area (Å²) in [5, 5.41) is 11.8. The Hall–Kier alpha value is -2.98. The smallest absolute Gasteiger partial charge is 0.261 e. The normalized spacial score (nSPS) is 17.9. The van der Waals surface area contributed by atoms with Gasteiger partial charge in [0.2, 0.25) is 0 Å². The van der Waals surface area contributed by atoms with Crippen molar-refractivity contribution in [1.82, 2.24) is 9.88 Å². The zero-order chi connectivity index (χ0) is 20.0. The van der Waals surface area contributed by atoms with Crippen LogP contribution in [0.25, 0.3) is 0 Å². The highest BCUT2D eigenvalue weighted by Gasteiger charge is 2.48. The Labute approximate surface area is 165 Å². The van der Waals surface area contributed by atoms with Gasteiger partial charge in [-0.15, -0.1) is 0 Å². The number of imide groups is 1. The van der Waals surface area contributed by atoms with Crippen LogP contribution in [0, 0.1) is 23.1 Å². The first kappa shape index (κ1) is 18.4. The number of fused-ring (bicyclic) bond motifs is 1. The maximum atomic E-state index is 14.3. The van der Waals surface area contributed by atoms with E-state index in [4.69, 9.17) is 16.9 Å². The van der Waals surface area contributed by atoms with Crippen molar-refractivity contribution >= 4 is 29.2 Å². The van der Waals surface area contributed by atoms with Gasteiger partial charge >= 0.3 is 0 Å². The summed E-state index contributed by atoms with van der Waals surface area (Å²) in [4.78, 5) is 30.9. The van der Waals surface area contributed by atoms with Gasteiger partial charge in [0.25, 0.3) is 11.8 Å². The third-order valence-electron chi connectivity index (χ3n) is 5.16. The number of amides is 2. The van der Waals surface area contributed by atoms with Crippen LogP contribution in [0.5, 0.6) is 0 Å². The topological polar surface area (TPSA) is 86.1 Å². The molecule has 2 aliphatic rings. The summed E-state index contributed by atoms with van der Waals surface area (Å²) < 4.78 is 14.3. The van der Waals surface area contributed by atoms with Gasteiger partial charge in [-0.05, 0) is 43.9 Å². The van der Waals surface area contributed by atoms with E-state index in [-0.39, 0.29) is 34.3 Å². The molecule has 6 nitrogen and oxygen atoms in total. The number of rotatable bonds is 5. The number of pyridine rings is 1. The number of nitrogens with zero attached hydrogens (tertiary/aromatic N) is 3. The number of nitrogens with one attached hydrogen (secondary N) is 1. The van der Waals surface area contributed by atoms with E-state index >= 15 is 0 Å². The standard InChI is InChI=1S/C20H16ClFN4O2/c1-10(24-18-15(22)8-12(9-23)17(21)25-18)16(11-6-7-11)26-19(27)13-4-2-3-5-14(13)20(26)28/h2-5,8,10-11,16H,6-7H2,1H3,(H,24,25)/t10-,16-/m1/s1. The first-order valence-corrected chi connectivity index (χ1v) is 9.29. The van der Waals surface area contributed by atoms with E-state index in [1.165, 1.54) is 4.90 Å². The van der Waals surface area contributed by atoms with E-state index in [2.05, 4.69) is 10.3 Å². The van der Waals surface area contributed by atoms with E-state index in [0.29, 0.717) is 11.1 Å². The van der Waals surface area contributed by atoms with Crippen molar-refractivity contribution < 1.29 is 14.0 Å². The Balaban J connectivity index is 1.63. The van der Waals surface area contributed by atoms with Crippen molar-refractivity contribution in [2.75, 3.05) is 5.32 Å². The molecule has 0 spiro atoms. The Morgan fingerprint density at radius 2 is 1.89 bits per heavy atom. The number of carbonyl (C=O) groups is 2. The van der Waals surface area contributed by atoms with Gasteiger partial charge in [0.05, 0.1) is 22.7 Å². The molecule has 0 bridgehead atoms. The molecule has 2 heterocycles. The molecule has 28 heavy (non-hydrogen) atoms. The van der Waals surface area contributed by atoms with Crippen LogP contribution >= 0.6 is 11.6 Å². The predicted molar refractivity (Wildman–Crippen MR) is 100 cm³/mol. The molecule has 1 N–H and O–H groups in total. The average molecular weight is 399 g/mol. The molecule has 0 saturated heterocycles. The van der Waals surface area contributed by atoms with Crippen LogP contribution in [0.1, 0.15) is 46.0 Å². The van der Waals surface area contributed by atoms with E-state index in [0.717, 1.165) is 18.9 Å². The number of hydrogen-bond acceptors (Lipinski definition) is 5. The molecule has 8 heteroatoms. The molecule has 0 unspecified atom stereocenters. The number of nitriles is 1. The van der Waals surface area contributed by atoms with E-state index in [1.54, 1.807) is 37.3 Å². The van der Waals surface area contributed by atoms with Crippen molar-refractivity contribution in [3.05, 3.63) is 58.0 Å². The summed E-state index contributed by atoms with van der Waals surface area (Å²) in [5.41, 5.74) is 0.712. The molecule has 2 atom stereocenters. The third-order valence-corrected chi connectivity index (χ3v) is 5.44. The van der Waals surface area contributed by atoms with Gasteiger partial charge in [-0.3, -0.25) is 14.5 Å². The van der Waals surface area contributed by atoms with Crippen LogP contribution in [0.4, 0.5) is 10.2 Å². The first-order chi connectivity index (χ1) is 13.4. The second kappa shape index (κ2) is 6.88. The minimum Gasteiger partial charge on any atom is -0.363 e. The van der Waals surface area contributed by atoms with Crippen LogP contribution < -0.4 is 5.32 Å². The second-order valence-corrected chi connectivity index (χ2v) is 7.41. The van der Waals surface area contributed by atoms with Gasteiger partial charge in [0, 0.05) is 6.04 Å². The number of aromatic nitrogens is 1. The SMILES string of the molecule is C[C@@H](Nc1nc(Cl)c(C#N)cc1F)[C@H](C1CC1)N1C(=O)c2ccccc2C1=O. The monoisotopic (exact) mass is 398 g/mol. The van der Waals surface area contributed by atoms with E-state index < -0.39 is 17.9 Å². The van der Waals surface area contributed by atoms with Crippen LogP contribution in [0.3, 0.4) is 0 Å². The van der Waals surface area contributed by atoms with Crippen molar-refractivity contribution in [2.24, 2.45) is 5.92 Å². The lowest BCUT2D eigenvalue weighted by Gasteiger charge is -2.32. The highest BCUT2D eigenvalue weighted by molar-refractivity contribution is 6.30. The highest BCUT2D eigenvalue weighted by Crippen LogP contribution is 2.40. The minimum absolute atomic E-state index is 0.0588. The van der Waals surface area contributed by atoms with Crippen LogP contribution in [-0.2, 0) is 0 Å². The van der Waals surface area contributed by atoms with Crippen LogP contribution in [0.2, 0.25) is 5.15 Å². The quantitative estimate of drug-likeness (QED) is 0.614. The summed E-state index contributed by atoms with van der Waals surface area (Å²) in [6.07, 6.45) is 1.77. The molecule has 2 amide bonds. The summed E-state index contributed by atoms with van der Waals surface area (Å²) in [6.45, 7) is 1.78. The van der Waals surface area contributed by atoms with Gasteiger partial charge in [-0.25, -0.2) is 9.37 Å². The molecule has 142 valence electrons. The van der Waals surface area contributed by atoms with Gasteiger partial charge in [-0.2, -0.15) is 5.26 Å². The van der Waals surface area contributed by atoms with Crippen molar-refractivity contribution in [1.29, 1.82) is 5.26 Å². The molecule has 1 saturated carbocycles. The molecule has 1 aliphatic carbocycles. The third kappa shape index (κ3) is 3.00. The van der Waals surface area contributed by atoms with E-state index in [1.807, 2.05) is 0 Å². The van der Waals surface area contributed by atoms with Crippen LogP contribution in [-0.4, -0.2) is 33.8 Å². The lowest BCUT2D eigenvalue weighted by Crippen LogP contribution is -2.50. The zero-order valence-corrected chi connectivity index (χ0v) is 15.7. The second-order valence-electron chi connectivity index (χ2n) is 7.06. The van der Waals surface area contributed by atoms with Crippen molar-refractivity contribution in [3.63, 3.8) is 0 Å². The Kier molecular flexibility index (Phi) is 4.52. The van der Waals surface area contributed by atoms with Gasteiger partial charge in [0.15, 0.2) is 11.6 Å². The largest absolute Gasteiger partial charge is 0.363 e. The predicted octanol–water partition coefficient (Wildman–Crippen LogP) is 3.62. The maximum absolute atomic E-state index is 14.3. The van der Waals surface area contributed by atoms with Crippen molar-refractivity contribution in [2.45, 2.75) is 31.8 Å². The van der Waals surface area contributed by atoms with E-state index in [9.17, 15) is 14.0 Å². The Morgan fingerprint density at radius 1 is 1.29 bits per heavy atom. The summed E-state index contributed by atoms with van der Waals surface area (Å²) in [5.74, 6) is -1.36. The maximum Gasteiger partial charge on any atom is 0.261 e. The lowest BCUT2D eigenvalue weighted by atomic mass is 10.0. The summed E-state index contributed by atoms with van der Waals surface area (Å²) in [6, 6.07) is 8.61. The molecule has 1 aromatic carbocycles.